The number of hydrogen-bond acceptors (Lipinski definition) is 2. The smallest absolute Gasteiger partial charge is 0.317 e. The summed E-state index contributed by atoms with van der Waals surface area (Å²) in [5, 5.41) is 11.4. The average Bonchev–Trinajstić information content (AvgIpc) is 2.16. The highest BCUT2D eigenvalue weighted by atomic mass is 16.4. The molecule has 1 rings (SSSR count). The largest absolute Gasteiger partial charge is 0.481 e. The first-order valence-corrected chi connectivity index (χ1v) is 4.77. The summed E-state index contributed by atoms with van der Waals surface area (Å²) in [4.78, 5) is 23.7. The van der Waals surface area contributed by atoms with Gasteiger partial charge in [0.1, 0.15) is 0 Å². The van der Waals surface area contributed by atoms with Crippen LogP contribution in [0.25, 0.3) is 0 Å². The van der Waals surface area contributed by atoms with E-state index in [0.29, 0.717) is 19.4 Å². The summed E-state index contributed by atoms with van der Waals surface area (Å²) >= 11 is 0. The zero-order valence-electron chi connectivity index (χ0n) is 8.49. The summed E-state index contributed by atoms with van der Waals surface area (Å²) in [6, 6.07) is -0.119. The van der Waals surface area contributed by atoms with Crippen LogP contribution in [0.4, 0.5) is 4.79 Å². The van der Waals surface area contributed by atoms with Crippen molar-refractivity contribution in [1.82, 2.24) is 10.2 Å². The zero-order chi connectivity index (χ0) is 10.7. The van der Waals surface area contributed by atoms with E-state index < -0.39 is 5.97 Å². The number of carboxylic acids is 1. The standard InChI is InChI=1S/C9H16N2O3/c1-6-5-7(8(12)13)3-4-11(6)9(14)10-2/h6-7H,3-5H2,1-2H3,(H,10,14)(H,12,13). The summed E-state index contributed by atoms with van der Waals surface area (Å²) in [6.45, 7) is 2.40. The Morgan fingerprint density at radius 1 is 1.50 bits per heavy atom. The van der Waals surface area contributed by atoms with Gasteiger partial charge in [0.05, 0.1) is 5.92 Å². The molecule has 1 aliphatic heterocycles. The van der Waals surface area contributed by atoms with Crippen molar-refractivity contribution in [2.24, 2.45) is 5.92 Å². The Balaban J connectivity index is 2.56. The van der Waals surface area contributed by atoms with Gasteiger partial charge in [-0.25, -0.2) is 4.79 Å². The lowest BCUT2D eigenvalue weighted by molar-refractivity contribution is -0.143. The molecule has 0 aromatic carbocycles. The van der Waals surface area contributed by atoms with Gasteiger partial charge in [0.15, 0.2) is 0 Å². The van der Waals surface area contributed by atoms with Crippen molar-refractivity contribution >= 4 is 12.0 Å². The maximum absolute atomic E-state index is 11.3. The van der Waals surface area contributed by atoms with Crippen LogP contribution in [-0.2, 0) is 4.79 Å². The van der Waals surface area contributed by atoms with Gasteiger partial charge >= 0.3 is 12.0 Å². The first-order chi connectivity index (χ1) is 6.56. The number of nitrogens with zero attached hydrogens (tertiary/aromatic N) is 1. The molecule has 0 saturated carbocycles. The van der Waals surface area contributed by atoms with E-state index in [4.69, 9.17) is 5.11 Å². The highest BCUT2D eigenvalue weighted by Gasteiger charge is 2.31. The molecule has 1 fully saturated rings. The van der Waals surface area contributed by atoms with Crippen molar-refractivity contribution in [1.29, 1.82) is 0 Å². The number of carbonyl (C=O) groups is 2. The highest BCUT2D eigenvalue weighted by molar-refractivity contribution is 5.75. The molecule has 14 heavy (non-hydrogen) atoms. The first kappa shape index (κ1) is 10.8. The van der Waals surface area contributed by atoms with Crippen LogP contribution in [0.5, 0.6) is 0 Å². The number of carboxylic acid groups (broad SMARTS) is 1. The van der Waals surface area contributed by atoms with Crippen molar-refractivity contribution in [3.05, 3.63) is 0 Å². The van der Waals surface area contributed by atoms with Crippen molar-refractivity contribution in [3.63, 3.8) is 0 Å². The molecule has 1 heterocycles. The molecule has 1 saturated heterocycles. The third-order valence-corrected chi connectivity index (χ3v) is 2.70. The lowest BCUT2D eigenvalue weighted by Gasteiger charge is -2.35. The fourth-order valence-corrected chi connectivity index (χ4v) is 1.84. The van der Waals surface area contributed by atoms with Gasteiger partial charge in [-0.05, 0) is 19.8 Å². The predicted molar refractivity (Wildman–Crippen MR) is 51.0 cm³/mol. The van der Waals surface area contributed by atoms with Crippen LogP contribution >= 0.6 is 0 Å². The number of rotatable bonds is 1. The molecule has 0 radical (unpaired) electrons. The van der Waals surface area contributed by atoms with E-state index in [-0.39, 0.29) is 18.0 Å². The number of hydrogen-bond donors (Lipinski definition) is 2. The van der Waals surface area contributed by atoms with Crippen molar-refractivity contribution < 1.29 is 14.7 Å². The van der Waals surface area contributed by atoms with E-state index in [9.17, 15) is 9.59 Å². The summed E-state index contributed by atoms with van der Waals surface area (Å²) in [6.07, 6.45) is 1.09. The molecule has 80 valence electrons. The van der Waals surface area contributed by atoms with Crippen LogP contribution in [0.15, 0.2) is 0 Å². The predicted octanol–water partition coefficient (Wildman–Crippen LogP) is 0.511. The van der Waals surface area contributed by atoms with Gasteiger partial charge in [0, 0.05) is 19.6 Å². The minimum Gasteiger partial charge on any atom is -0.481 e. The normalized spacial score (nSPS) is 27.1. The van der Waals surface area contributed by atoms with Crippen LogP contribution in [-0.4, -0.2) is 41.6 Å². The molecule has 2 unspecified atom stereocenters. The van der Waals surface area contributed by atoms with Crippen LogP contribution < -0.4 is 5.32 Å². The fourth-order valence-electron chi connectivity index (χ4n) is 1.84. The molecule has 0 aliphatic carbocycles. The number of carbonyl (C=O) groups excluding carboxylic acids is 1. The van der Waals surface area contributed by atoms with Crippen LogP contribution in [0.3, 0.4) is 0 Å². The summed E-state index contributed by atoms with van der Waals surface area (Å²) in [5.41, 5.74) is 0. The van der Waals surface area contributed by atoms with E-state index in [2.05, 4.69) is 5.32 Å². The van der Waals surface area contributed by atoms with Gasteiger partial charge in [0.2, 0.25) is 0 Å². The maximum atomic E-state index is 11.3. The molecule has 2 amide bonds. The van der Waals surface area contributed by atoms with E-state index in [1.807, 2.05) is 6.92 Å². The average molecular weight is 200 g/mol. The number of nitrogens with one attached hydrogen (secondary N) is 1. The SMILES string of the molecule is CNC(=O)N1CCC(C(=O)O)CC1C. The van der Waals surface area contributed by atoms with Gasteiger partial charge < -0.3 is 15.3 Å². The maximum Gasteiger partial charge on any atom is 0.317 e. The molecule has 5 heteroatoms. The molecular weight excluding hydrogens is 184 g/mol. The number of urea groups is 1. The second kappa shape index (κ2) is 4.30. The van der Waals surface area contributed by atoms with Gasteiger partial charge in [-0.15, -0.1) is 0 Å². The second-order valence-electron chi connectivity index (χ2n) is 3.66. The molecule has 0 aromatic heterocycles. The molecule has 1 aliphatic rings. The van der Waals surface area contributed by atoms with Gasteiger partial charge in [-0.1, -0.05) is 0 Å². The monoisotopic (exact) mass is 200 g/mol. The Kier molecular flexibility index (Phi) is 3.33. The Bertz CT molecular complexity index is 242. The van der Waals surface area contributed by atoms with E-state index in [0.717, 1.165) is 0 Å². The number of amides is 2. The van der Waals surface area contributed by atoms with Crippen molar-refractivity contribution in [2.45, 2.75) is 25.8 Å². The van der Waals surface area contributed by atoms with Crippen LogP contribution in [0, 0.1) is 5.92 Å². The van der Waals surface area contributed by atoms with Crippen LogP contribution in [0.2, 0.25) is 0 Å². The topological polar surface area (TPSA) is 69.6 Å². The van der Waals surface area contributed by atoms with Gasteiger partial charge in [0.25, 0.3) is 0 Å². The summed E-state index contributed by atoms with van der Waals surface area (Å²) in [5.74, 6) is -1.06. The van der Waals surface area contributed by atoms with Gasteiger partial charge in [-0.2, -0.15) is 0 Å². The lowest BCUT2D eigenvalue weighted by atomic mass is 9.92. The molecule has 2 N–H and O–H groups in total. The molecule has 0 spiro atoms. The van der Waals surface area contributed by atoms with Crippen molar-refractivity contribution in [3.8, 4) is 0 Å². The third-order valence-electron chi connectivity index (χ3n) is 2.70. The van der Waals surface area contributed by atoms with Crippen molar-refractivity contribution in [2.75, 3.05) is 13.6 Å². The lowest BCUT2D eigenvalue weighted by Crippen LogP contribution is -2.49. The van der Waals surface area contributed by atoms with E-state index >= 15 is 0 Å². The molecule has 0 bridgehead atoms. The number of aliphatic carboxylic acids is 1. The Labute approximate surface area is 83.1 Å². The second-order valence-corrected chi connectivity index (χ2v) is 3.66. The Morgan fingerprint density at radius 3 is 2.57 bits per heavy atom. The molecule has 5 nitrogen and oxygen atoms in total. The Hall–Kier alpha value is -1.26. The Morgan fingerprint density at radius 2 is 2.14 bits per heavy atom. The van der Waals surface area contributed by atoms with E-state index in [1.54, 1.807) is 11.9 Å². The fraction of sp³-hybridized carbons (Fsp3) is 0.778. The highest BCUT2D eigenvalue weighted by Crippen LogP contribution is 2.22. The first-order valence-electron chi connectivity index (χ1n) is 4.77. The molecular formula is C9H16N2O3. The van der Waals surface area contributed by atoms with E-state index in [1.165, 1.54) is 0 Å². The van der Waals surface area contributed by atoms with Crippen LogP contribution in [0.1, 0.15) is 19.8 Å². The summed E-state index contributed by atoms with van der Waals surface area (Å²) in [7, 11) is 1.58. The minimum absolute atomic E-state index is 0.00444. The molecule has 0 aromatic rings. The minimum atomic E-state index is -0.756. The zero-order valence-corrected chi connectivity index (χ0v) is 8.49. The summed E-state index contributed by atoms with van der Waals surface area (Å²) < 4.78 is 0. The van der Waals surface area contributed by atoms with Gasteiger partial charge in [-0.3, -0.25) is 4.79 Å². The number of likely N-dealkylation sites (tertiary alicyclic amines) is 1. The third kappa shape index (κ3) is 2.16. The molecule has 2 atom stereocenters. The quantitative estimate of drug-likeness (QED) is 0.648. The number of piperidine rings is 1.